The van der Waals surface area contributed by atoms with Crippen LogP contribution in [0.4, 0.5) is 0 Å². The fraction of sp³-hybridized carbons (Fsp3) is 0.0556. The van der Waals surface area contributed by atoms with Gasteiger partial charge in [0, 0.05) is 0 Å². The molecule has 1 N–H and O–H groups in total. The molecule has 0 unspecified atom stereocenters. The Morgan fingerprint density at radius 1 is 1.04 bits per heavy atom. The zero-order valence-electron chi connectivity index (χ0n) is 12.5. The number of rotatable bonds is 4. The number of hydrogen-bond acceptors (Lipinski definition) is 3. The van der Waals surface area contributed by atoms with Crippen LogP contribution in [0.3, 0.4) is 0 Å². The lowest BCUT2D eigenvalue weighted by molar-refractivity contribution is 0.0690. The Morgan fingerprint density at radius 2 is 1.74 bits per heavy atom. The number of aryl methyl sites for hydroxylation is 1. The Bertz CT molecular complexity index is 867. The molecular formula is C18H15N3O2. The van der Waals surface area contributed by atoms with Crippen molar-refractivity contribution in [2.45, 2.75) is 6.92 Å². The van der Waals surface area contributed by atoms with E-state index in [1.807, 2.05) is 67.6 Å². The van der Waals surface area contributed by atoms with E-state index in [0.29, 0.717) is 5.69 Å². The highest BCUT2D eigenvalue weighted by Crippen LogP contribution is 2.19. The minimum absolute atomic E-state index is 0.0690. The zero-order valence-corrected chi connectivity index (χ0v) is 12.5. The lowest BCUT2D eigenvalue weighted by Crippen LogP contribution is -2.04. The van der Waals surface area contributed by atoms with Gasteiger partial charge in [0.05, 0.1) is 5.69 Å². The van der Waals surface area contributed by atoms with Gasteiger partial charge in [-0.05, 0) is 30.2 Å². The van der Waals surface area contributed by atoms with Crippen LogP contribution >= 0.6 is 0 Å². The van der Waals surface area contributed by atoms with Crippen LogP contribution in [0.5, 0.6) is 0 Å². The van der Waals surface area contributed by atoms with Gasteiger partial charge >= 0.3 is 5.97 Å². The van der Waals surface area contributed by atoms with E-state index < -0.39 is 5.97 Å². The predicted molar refractivity (Wildman–Crippen MR) is 88.4 cm³/mol. The maximum absolute atomic E-state index is 11.4. The first-order valence-electron chi connectivity index (χ1n) is 7.15. The number of aromatic carboxylic acids is 1. The molecule has 0 aliphatic carbocycles. The second-order valence-electron chi connectivity index (χ2n) is 5.07. The van der Waals surface area contributed by atoms with Crippen LogP contribution in [-0.4, -0.2) is 26.1 Å². The Balaban J connectivity index is 2.10. The molecule has 0 bridgehead atoms. The second kappa shape index (κ2) is 6.27. The molecule has 114 valence electrons. The van der Waals surface area contributed by atoms with Gasteiger partial charge in [0.25, 0.3) is 0 Å². The smallest absolute Gasteiger partial charge is 0.358 e. The molecule has 0 amide bonds. The van der Waals surface area contributed by atoms with E-state index in [9.17, 15) is 9.90 Å². The number of carbonyl (C=O) groups is 1. The van der Waals surface area contributed by atoms with Crippen LogP contribution in [0, 0.1) is 6.92 Å². The van der Waals surface area contributed by atoms with Gasteiger partial charge in [-0.15, -0.1) is 5.10 Å². The van der Waals surface area contributed by atoms with Crippen molar-refractivity contribution in [1.29, 1.82) is 0 Å². The summed E-state index contributed by atoms with van der Waals surface area (Å²) in [6, 6.07) is 17.3. The summed E-state index contributed by atoms with van der Waals surface area (Å²) in [4.78, 5) is 11.4. The van der Waals surface area contributed by atoms with Gasteiger partial charge in [-0.1, -0.05) is 59.8 Å². The fourth-order valence-electron chi connectivity index (χ4n) is 2.31. The molecule has 3 aromatic rings. The molecule has 0 saturated heterocycles. The summed E-state index contributed by atoms with van der Waals surface area (Å²) in [5.74, 6) is -1.10. The number of carboxylic acid groups (broad SMARTS) is 1. The molecule has 0 fully saturated rings. The molecule has 1 aromatic heterocycles. The normalized spacial score (nSPS) is 11.0. The summed E-state index contributed by atoms with van der Waals surface area (Å²) < 4.78 is 1.55. The molecule has 0 radical (unpaired) electrons. The van der Waals surface area contributed by atoms with Crippen LogP contribution in [-0.2, 0) is 0 Å². The Labute approximate surface area is 133 Å². The Morgan fingerprint density at radius 3 is 2.43 bits per heavy atom. The van der Waals surface area contributed by atoms with Crippen molar-refractivity contribution in [1.82, 2.24) is 15.0 Å². The van der Waals surface area contributed by atoms with Crippen LogP contribution < -0.4 is 0 Å². The number of hydrogen-bond donors (Lipinski definition) is 1. The Kier molecular flexibility index (Phi) is 4.01. The molecule has 0 aliphatic heterocycles. The molecule has 5 nitrogen and oxygen atoms in total. The Hall–Kier alpha value is -3.21. The summed E-state index contributed by atoms with van der Waals surface area (Å²) in [7, 11) is 0. The molecule has 3 rings (SSSR count). The van der Waals surface area contributed by atoms with Gasteiger partial charge in [-0.25, -0.2) is 9.48 Å². The van der Waals surface area contributed by atoms with Gasteiger partial charge in [0.2, 0.25) is 0 Å². The van der Waals surface area contributed by atoms with Crippen molar-refractivity contribution in [3.8, 4) is 5.69 Å². The van der Waals surface area contributed by atoms with Gasteiger partial charge in [0.15, 0.2) is 5.69 Å². The minimum atomic E-state index is -1.10. The van der Waals surface area contributed by atoms with Gasteiger partial charge in [-0.3, -0.25) is 0 Å². The molecule has 0 atom stereocenters. The van der Waals surface area contributed by atoms with Crippen molar-refractivity contribution in [3.63, 3.8) is 0 Å². The maximum atomic E-state index is 11.4. The van der Waals surface area contributed by atoms with E-state index in [0.717, 1.165) is 16.8 Å². The monoisotopic (exact) mass is 305 g/mol. The predicted octanol–water partition coefficient (Wildman–Crippen LogP) is 3.44. The summed E-state index contributed by atoms with van der Waals surface area (Å²) in [5.41, 5.74) is 3.14. The average Bonchev–Trinajstić information content (AvgIpc) is 2.98. The van der Waals surface area contributed by atoms with Crippen molar-refractivity contribution >= 4 is 18.1 Å². The van der Waals surface area contributed by atoms with Crippen molar-refractivity contribution < 1.29 is 9.90 Å². The topological polar surface area (TPSA) is 68.0 Å². The number of carboxylic acids is 1. The van der Waals surface area contributed by atoms with E-state index >= 15 is 0 Å². The highest BCUT2D eigenvalue weighted by atomic mass is 16.4. The summed E-state index contributed by atoms with van der Waals surface area (Å²) in [6.45, 7) is 1.95. The third kappa shape index (κ3) is 3.03. The molecule has 23 heavy (non-hydrogen) atoms. The molecule has 1 heterocycles. The van der Waals surface area contributed by atoms with Crippen molar-refractivity contribution in [3.05, 3.63) is 77.1 Å². The van der Waals surface area contributed by atoms with Gasteiger partial charge in [-0.2, -0.15) is 0 Å². The van der Waals surface area contributed by atoms with E-state index in [2.05, 4.69) is 10.3 Å². The summed E-state index contributed by atoms with van der Waals surface area (Å²) >= 11 is 0. The maximum Gasteiger partial charge on any atom is 0.358 e. The quantitative estimate of drug-likeness (QED) is 0.801. The lowest BCUT2D eigenvalue weighted by atomic mass is 10.1. The first-order valence-corrected chi connectivity index (χ1v) is 7.15. The second-order valence-corrected chi connectivity index (χ2v) is 5.07. The average molecular weight is 305 g/mol. The van der Waals surface area contributed by atoms with E-state index in [-0.39, 0.29) is 5.69 Å². The van der Waals surface area contributed by atoms with Crippen LogP contribution in [0.2, 0.25) is 0 Å². The van der Waals surface area contributed by atoms with Crippen molar-refractivity contribution in [2.75, 3.05) is 0 Å². The minimum Gasteiger partial charge on any atom is -0.476 e. The number of benzene rings is 2. The number of aromatic nitrogens is 3. The largest absolute Gasteiger partial charge is 0.476 e. The molecule has 5 heteroatoms. The summed E-state index contributed by atoms with van der Waals surface area (Å²) in [6.07, 6.45) is 3.57. The summed E-state index contributed by atoms with van der Waals surface area (Å²) in [5, 5.41) is 17.2. The van der Waals surface area contributed by atoms with Gasteiger partial charge < -0.3 is 5.11 Å². The number of para-hydroxylation sites is 1. The van der Waals surface area contributed by atoms with Crippen LogP contribution in [0.15, 0.2) is 54.6 Å². The van der Waals surface area contributed by atoms with Crippen LogP contribution in [0.25, 0.3) is 17.8 Å². The first kappa shape index (κ1) is 14.7. The highest BCUT2D eigenvalue weighted by molar-refractivity contribution is 5.90. The van der Waals surface area contributed by atoms with E-state index in [1.54, 1.807) is 10.8 Å². The third-order valence-corrected chi connectivity index (χ3v) is 3.48. The SMILES string of the molecule is Cc1ccccc1-n1nnc(C(=O)O)c1/C=C/c1ccccc1. The van der Waals surface area contributed by atoms with Crippen LogP contribution in [0.1, 0.15) is 27.3 Å². The molecule has 2 aromatic carbocycles. The standard InChI is InChI=1S/C18H15N3O2/c1-13-7-5-6-10-15(13)21-16(17(18(22)23)19-20-21)12-11-14-8-3-2-4-9-14/h2-12H,1H3,(H,22,23)/b12-11+. The highest BCUT2D eigenvalue weighted by Gasteiger charge is 2.18. The molecule has 0 aliphatic rings. The third-order valence-electron chi connectivity index (χ3n) is 3.48. The molecule has 0 spiro atoms. The van der Waals surface area contributed by atoms with E-state index in [4.69, 9.17) is 0 Å². The van der Waals surface area contributed by atoms with E-state index in [1.165, 1.54) is 0 Å². The van der Waals surface area contributed by atoms with Gasteiger partial charge in [0.1, 0.15) is 5.69 Å². The molecule has 0 saturated carbocycles. The van der Waals surface area contributed by atoms with Crippen molar-refractivity contribution in [2.24, 2.45) is 0 Å². The lowest BCUT2D eigenvalue weighted by Gasteiger charge is -2.07. The zero-order chi connectivity index (χ0) is 16.2. The molecular weight excluding hydrogens is 290 g/mol. The fourth-order valence-corrected chi connectivity index (χ4v) is 2.31. The number of nitrogens with zero attached hydrogens (tertiary/aromatic N) is 3. The first-order chi connectivity index (χ1) is 11.2.